The Hall–Kier alpha value is -2.48. The van der Waals surface area contributed by atoms with Crippen LogP contribution in [-0.4, -0.2) is 43.7 Å². The van der Waals surface area contributed by atoms with Gasteiger partial charge < -0.3 is 4.90 Å². The molecule has 7 nitrogen and oxygen atoms in total. The third kappa shape index (κ3) is 2.77. The van der Waals surface area contributed by atoms with Crippen molar-refractivity contribution >= 4 is 34.7 Å². The average Bonchev–Trinajstić information content (AvgIpc) is 3.09. The maximum Gasteiger partial charge on any atom is 0.225 e. The number of Topliss-reactive ketones (excluding diaryl/α,β-unsaturated/α-hetero) is 1. The van der Waals surface area contributed by atoms with Crippen molar-refractivity contribution in [1.29, 1.82) is 0 Å². The predicted octanol–water partition coefficient (Wildman–Crippen LogP) is 1.31. The largest absolute Gasteiger partial charge is 0.336 e. The van der Waals surface area contributed by atoms with Crippen molar-refractivity contribution in [2.45, 2.75) is 12.5 Å². The first kappa shape index (κ1) is 14.1. The zero-order valence-corrected chi connectivity index (χ0v) is 12.9. The van der Waals surface area contributed by atoms with Crippen molar-refractivity contribution in [3.05, 3.63) is 41.3 Å². The minimum atomic E-state index is -0.136. The fourth-order valence-corrected chi connectivity index (χ4v) is 3.37. The first-order chi connectivity index (χ1) is 11.2. The number of carbonyl (C=O) groups is 2. The van der Waals surface area contributed by atoms with Crippen LogP contribution in [0.2, 0.25) is 0 Å². The van der Waals surface area contributed by atoms with Gasteiger partial charge in [-0.25, -0.2) is 9.97 Å². The molecule has 2 aromatic rings. The number of thioether (sulfide) groups is 1. The smallest absolute Gasteiger partial charge is 0.225 e. The summed E-state index contributed by atoms with van der Waals surface area (Å²) in [5.74, 6) is 0.493. The van der Waals surface area contributed by atoms with Gasteiger partial charge in [-0.05, 0) is 30.0 Å². The fourth-order valence-electron chi connectivity index (χ4n) is 2.56. The van der Waals surface area contributed by atoms with Crippen LogP contribution < -0.4 is 4.90 Å². The minimum Gasteiger partial charge on any atom is -0.336 e. The zero-order chi connectivity index (χ0) is 15.8. The van der Waals surface area contributed by atoms with E-state index < -0.39 is 0 Å². The molecule has 0 N–H and O–H groups in total. The Balaban J connectivity index is 1.49. The second kappa shape index (κ2) is 5.62. The van der Waals surface area contributed by atoms with Crippen LogP contribution in [0.15, 0.2) is 35.6 Å². The van der Waals surface area contributed by atoms with E-state index in [2.05, 4.69) is 20.0 Å². The summed E-state index contributed by atoms with van der Waals surface area (Å²) in [5, 5.41) is 4.12. The number of rotatable bonds is 3. The van der Waals surface area contributed by atoms with Crippen molar-refractivity contribution in [3.8, 4) is 0 Å². The van der Waals surface area contributed by atoms with Gasteiger partial charge >= 0.3 is 0 Å². The van der Waals surface area contributed by atoms with E-state index in [-0.39, 0.29) is 17.3 Å². The number of aromatic nitrogens is 4. The summed E-state index contributed by atoms with van der Waals surface area (Å²) >= 11 is 0.988. The number of hydrogen-bond donors (Lipinski definition) is 0. The van der Waals surface area contributed by atoms with Crippen LogP contribution in [0.25, 0.3) is 6.08 Å². The highest BCUT2D eigenvalue weighted by atomic mass is 32.2. The third-order valence-electron chi connectivity index (χ3n) is 3.79. The predicted molar refractivity (Wildman–Crippen MR) is 85.7 cm³/mol. The van der Waals surface area contributed by atoms with Crippen LogP contribution in [0.5, 0.6) is 0 Å². The van der Waals surface area contributed by atoms with Gasteiger partial charge in [-0.2, -0.15) is 5.10 Å². The topological polar surface area (TPSA) is 81.0 Å². The molecule has 2 aliphatic rings. The van der Waals surface area contributed by atoms with Crippen molar-refractivity contribution in [3.63, 3.8) is 0 Å². The Labute approximate surface area is 136 Å². The molecule has 0 aliphatic carbocycles. The number of hydrogen-bond acceptors (Lipinski definition) is 7. The lowest BCUT2D eigenvalue weighted by molar-refractivity contribution is -0.119. The van der Waals surface area contributed by atoms with E-state index in [0.717, 1.165) is 24.9 Å². The number of carbonyl (C=O) groups excluding carboxylic acids is 2. The molecule has 0 amide bonds. The Morgan fingerprint density at radius 2 is 2.13 bits per heavy atom. The van der Waals surface area contributed by atoms with Crippen LogP contribution >= 0.6 is 11.8 Å². The molecule has 8 heteroatoms. The van der Waals surface area contributed by atoms with Crippen LogP contribution in [0.3, 0.4) is 0 Å². The number of allylic oxidation sites excluding steroid dienone is 1. The van der Waals surface area contributed by atoms with Gasteiger partial charge in [0.15, 0.2) is 5.78 Å². The molecule has 4 heterocycles. The SMILES string of the molecule is O=C1CC(=O)/C(=C/c2ccnc(N3CC(n4cccn4)C3)n2)S1. The molecule has 0 spiro atoms. The Morgan fingerprint density at radius 1 is 1.26 bits per heavy atom. The molecule has 0 unspecified atom stereocenters. The summed E-state index contributed by atoms with van der Waals surface area (Å²) in [5.41, 5.74) is 0.642. The molecule has 0 atom stereocenters. The molecule has 0 aromatic carbocycles. The lowest BCUT2D eigenvalue weighted by atomic mass is 10.1. The van der Waals surface area contributed by atoms with Crippen LogP contribution in [0.1, 0.15) is 18.2 Å². The van der Waals surface area contributed by atoms with Crippen molar-refractivity contribution < 1.29 is 9.59 Å². The maximum atomic E-state index is 11.7. The number of ketones is 1. The van der Waals surface area contributed by atoms with Gasteiger partial charge in [-0.3, -0.25) is 14.3 Å². The first-order valence-corrected chi connectivity index (χ1v) is 8.03. The third-order valence-corrected chi connectivity index (χ3v) is 4.73. The monoisotopic (exact) mass is 327 g/mol. The lowest BCUT2D eigenvalue weighted by Crippen LogP contribution is -2.48. The van der Waals surface area contributed by atoms with E-state index in [1.54, 1.807) is 24.5 Å². The minimum absolute atomic E-state index is 0.0217. The summed E-state index contributed by atoms with van der Waals surface area (Å²) < 4.78 is 1.93. The summed E-state index contributed by atoms with van der Waals surface area (Å²) in [7, 11) is 0. The highest BCUT2D eigenvalue weighted by Crippen LogP contribution is 2.31. The van der Waals surface area contributed by atoms with Crippen LogP contribution in [0.4, 0.5) is 5.95 Å². The van der Waals surface area contributed by atoms with E-state index in [1.165, 1.54) is 0 Å². The van der Waals surface area contributed by atoms with Gasteiger partial charge in [0.2, 0.25) is 11.1 Å². The lowest BCUT2D eigenvalue weighted by Gasteiger charge is -2.39. The zero-order valence-electron chi connectivity index (χ0n) is 12.1. The van der Waals surface area contributed by atoms with Crippen LogP contribution in [-0.2, 0) is 9.59 Å². The van der Waals surface area contributed by atoms with Gasteiger partial charge in [-0.15, -0.1) is 0 Å². The van der Waals surface area contributed by atoms with E-state index >= 15 is 0 Å². The quantitative estimate of drug-likeness (QED) is 0.621. The molecule has 2 aliphatic heterocycles. The highest BCUT2D eigenvalue weighted by Gasteiger charge is 2.30. The maximum absolute atomic E-state index is 11.7. The Kier molecular flexibility index (Phi) is 3.45. The van der Waals surface area contributed by atoms with Gasteiger partial charge in [-0.1, -0.05) is 0 Å². The van der Waals surface area contributed by atoms with Gasteiger partial charge in [0, 0.05) is 31.7 Å². The molecule has 2 fully saturated rings. The van der Waals surface area contributed by atoms with Crippen molar-refractivity contribution in [2.75, 3.05) is 18.0 Å². The molecule has 0 saturated carbocycles. The number of nitrogens with zero attached hydrogens (tertiary/aromatic N) is 5. The highest BCUT2D eigenvalue weighted by molar-refractivity contribution is 8.18. The molecule has 2 aromatic heterocycles. The molecular weight excluding hydrogens is 314 g/mol. The van der Waals surface area contributed by atoms with Gasteiger partial charge in [0.1, 0.15) is 0 Å². The average molecular weight is 327 g/mol. The molecule has 2 saturated heterocycles. The molecular formula is C15H13N5O2S. The summed E-state index contributed by atoms with van der Waals surface area (Å²) in [6.07, 6.45) is 7.02. The first-order valence-electron chi connectivity index (χ1n) is 7.22. The van der Waals surface area contributed by atoms with E-state index in [1.807, 2.05) is 16.9 Å². The molecule has 4 rings (SSSR count). The second-order valence-corrected chi connectivity index (χ2v) is 6.51. The van der Waals surface area contributed by atoms with Gasteiger partial charge in [0.25, 0.3) is 0 Å². The van der Waals surface area contributed by atoms with E-state index in [0.29, 0.717) is 22.6 Å². The summed E-state index contributed by atoms with van der Waals surface area (Å²) in [6.45, 7) is 1.60. The fraction of sp³-hybridized carbons (Fsp3) is 0.267. The molecule has 116 valence electrons. The summed E-state index contributed by atoms with van der Waals surface area (Å²) in [6, 6.07) is 3.97. The molecule has 0 radical (unpaired) electrons. The normalized spacial score (nSPS) is 20.3. The summed E-state index contributed by atoms with van der Waals surface area (Å²) in [4.78, 5) is 34.2. The molecule has 23 heavy (non-hydrogen) atoms. The van der Waals surface area contributed by atoms with Crippen molar-refractivity contribution in [2.24, 2.45) is 0 Å². The van der Waals surface area contributed by atoms with E-state index in [4.69, 9.17) is 0 Å². The Morgan fingerprint density at radius 3 is 2.83 bits per heavy atom. The molecule has 0 bridgehead atoms. The van der Waals surface area contributed by atoms with E-state index in [9.17, 15) is 9.59 Å². The standard InChI is InChI=1S/C15H13N5O2S/c21-12-7-14(22)23-13(12)6-10-2-4-16-15(18-10)19-8-11(9-19)20-5-1-3-17-20/h1-6,11H,7-9H2/b13-6-. The van der Waals surface area contributed by atoms with Crippen molar-refractivity contribution in [1.82, 2.24) is 19.7 Å². The van der Waals surface area contributed by atoms with Gasteiger partial charge in [0.05, 0.1) is 23.1 Å². The van der Waals surface area contributed by atoms with Crippen LogP contribution in [0, 0.1) is 0 Å². The second-order valence-electron chi connectivity index (χ2n) is 5.41. The Bertz CT molecular complexity index is 796. The number of anilines is 1.